The zero-order valence-electron chi connectivity index (χ0n) is 13.7. The van der Waals surface area contributed by atoms with Crippen LogP contribution in [0.15, 0.2) is 48.7 Å². The molecule has 0 aliphatic carbocycles. The summed E-state index contributed by atoms with van der Waals surface area (Å²) in [6.45, 7) is 2.08. The van der Waals surface area contributed by atoms with Crippen molar-refractivity contribution in [3.63, 3.8) is 0 Å². The van der Waals surface area contributed by atoms with Gasteiger partial charge in [-0.25, -0.2) is 4.98 Å². The SMILES string of the molecule is Cc1ccc2nc(-c3ccc(NC(=O)c4cn(C)nn4)cc3)sc2c1. The molecule has 0 unspecified atom stereocenters. The molecule has 6 nitrogen and oxygen atoms in total. The zero-order valence-corrected chi connectivity index (χ0v) is 14.5. The number of rotatable bonds is 3. The summed E-state index contributed by atoms with van der Waals surface area (Å²) in [5.74, 6) is -0.281. The molecular weight excluding hydrogens is 334 g/mol. The summed E-state index contributed by atoms with van der Waals surface area (Å²) >= 11 is 1.66. The summed E-state index contributed by atoms with van der Waals surface area (Å²) in [5.41, 5.74) is 4.25. The van der Waals surface area contributed by atoms with E-state index < -0.39 is 0 Å². The van der Waals surface area contributed by atoms with Crippen LogP contribution in [0.4, 0.5) is 5.69 Å². The monoisotopic (exact) mass is 349 g/mol. The van der Waals surface area contributed by atoms with Crippen LogP contribution in [0.2, 0.25) is 0 Å². The molecule has 2 aromatic carbocycles. The number of nitrogens with one attached hydrogen (secondary N) is 1. The molecule has 1 amide bonds. The van der Waals surface area contributed by atoms with E-state index in [2.05, 4.69) is 39.7 Å². The fraction of sp³-hybridized carbons (Fsp3) is 0.111. The van der Waals surface area contributed by atoms with E-state index >= 15 is 0 Å². The van der Waals surface area contributed by atoms with Gasteiger partial charge in [0.2, 0.25) is 0 Å². The van der Waals surface area contributed by atoms with Crippen LogP contribution in [0.25, 0.3) is 20.8 Å². The molecule has 0 saturated heterocycles. The Balaban J connectivity index is 1.55. The van der Waals surface area contributed by atoms with E-state index in [1.807, 2.05) is 30.3 Å². The Morgan fingerprint density at radius 3 is 2.68 bits per heavy atom. The summed E-state index contributed by atoms with van der Waals surface area (Å²) in [4.78, 5) is 16.8. The van der Waals surface area contributed by atoms with E-state index in [1.165, 1.54) is 14.9 Å². The molecule has 4 aromatic rings. The summed E-state index contributed by atoms with van der Waals surface area (Å²) in [6.07, 6.45) is 1.58. The van der Waals surface area contributed by atoms with E-state index in [4.69, 9.17) is 0 Å². The lowest BCUT2D eigenvalue weighted by Gasteiger charge is -2.03. The van der Waals surface area contributed by atoms with Gasteiger partial charge in [0.15, 0.2) is 5.69 Å². The maximum absolute atomic E-state index is 12.1. The Labute approximate surface area is 148 Å². The molecule has 2 aromatic heterocycles. The lowest BCUT2D eigenvalue weighted by molar-refractivity contribution is 0.102. The quantitative estimate of drug-likeness (QED) is 0.613. The van der Waals surface area contributed by atoms with Gasteiger partial charge >= 0.3 is 0 Å². The third-order valence-corrected chi connectivity index (χ3v) is 4.84. The molecule has 1 N–H and O–H groups in total. The molecule has 0 radical (unpaired) electrons. The van der Waals surface area contributed by atoms with Crippen molar-refractivity contribution < 1.29 is 4.79 Å². The van der Waals surface area contributed by atoms with Crippen LogP contribution in [0.1, 0.15) is 16.1 Å². The maximum Gasteiger partial charge on any atom is 0.277 e. The average Bonchev–Trinajstić information content (AvgIpc) is 3.21. The highest BCUT2D eigenvalue weighted by Crippen LogP contribution is 2.31. The van der Waals surface area contributed by atoms with Gasteiger partial charge in [0.05, 0.1) is 16.4 Å². The van der Waals surface area contributed by atoms with Crippen molar-refractivity contribution in [2.45, 2.75) is 6.92 Å². The number of amides is 1. The highest BCUT2D eigenvalue weighted by molar-refractivity contribution is 7.21. The molecule has 0 aliphatic rings. The topological polar surface area (TPSA) is 72.7 Å². The van der Waals surface area contributed by atoms with Gasteiger partial charge in [-0.2, -0.15) is 0 Å². The molecule has 0 atom stereocenters. The number of benzene rings is 2. The van der Waals surface area contributed by atoms with Crippen molar-refractivity contribution in [1.82, 2.24) is 20.0 Å². The van der Waals surface area contributed by atoms with Crippen LogP contribution < -0.4 is 5.32 Å². The van der Waals surface area contributed by atoms with Gasteiger partial charge in [0, 0.05) is 18.3 Å². The summed E-state index contributed by atoms with van der Waals surface area (Å²) in [6, 6.07) is 13.9. The van der Waals surface area contributed by atoms with Crippen molar-refractivity contribution >= 4 is 33.1 Å². The Bertz CT molecular complexity index is 1060. The van der Waals surface area contributed by atoms with E-state index in [0.717, 1.165) is 16.1 Å². The van der Waals surface area contributed by atoms with Crippen molar-refractivity contribution in [3.05, 3.63) is 59.9 Å². The number of carbonyl (C=O) groups excluding carboxylic acids is 1. The molecular formula is C18H15N5OS. The maximum atomic E-state index is 12.1. The van der Waals surface area contributed by atoms with Gasteiger partial charge in [-0.1, -0.05) is 11.3 Å². The van der Waals surface area contributed by atoms with Gasteiger partial charge in [0.1, 0.15) is 5.01 Å². The second-order valence-corrected chi connectivity index (χ2v) is 6.83. The number of thiazole rings is 1. The van der Waals surface area contributed by atoms with Crippen LogP contribution in [0, 0.1) is 6.92 Å². The molecule has 124 valence electrons. The average molecular weight is 349 g/mol. The number of hydrogen-bond donors (Lipinski definition) is 1. The number of carbonyl (C=O) groups is 1. The third-order valence-electron chi connectivity index (χ3n) is 3.77. The Morgan fingerprint density at radius 1 is 1.16 bits per heavy atom. The second-order valence-electron chi connectivity index (χ2n) is 5.80. The Morgan fingerprint density at radius 2 is 1.96 bits per heavy atom. The summed E-state index contributed by atoms with van der Waals surface area (Å²) < 4.78 is 2.67. The number of anilines is 1. The van der Waals surface area contributed by atoms with Gasteiger partial charge in [0.25, 0.3) is 5.91 Å². The van der Waals surface area contributed by atoms with Crippen LogP contribution in [0.5, 0.6) is 0 Å². The van der Waals surface area contributed by atoms with Crippen molar-refractivity contribution in [2.24, 2.45) is 7.05 Å². The summed E-state index contributed by atoms with van der Waals surface area (Å²) in [7, 11) is 1.72. The van der Waals surface area contributed by atoms with Gasteiger partial charge in [-0.3, -0.25) is 9.48 Å². The molecule has 2 heterocycles. The number of aromatic nitrogens is 4. The lowest BCUT2D eigenvalue weighted by atomic mass is 10.2. The highest BCUT2D eigenvalue weighted by Gasteiger charge is 2.11. The predicted molar refractivity (Wildman–Crippen MR) is 98.7 cm³/mol. The first-order valence-corrected chi connectivity index (χ1v) is 8.55. The van der Waals surface area contributed by atoms with Crippen LogP contribution in [-0.2, 0) is 7.05 Å². The fourth-order valence-corrected chi connectivity index (χ4v) is 3.57. The third kappa shape index (κ3) is 3.14. The molecule has 7 heteroatoms. The molecule has 4 rings (SSSR count). The van der Waals surface area contributed by atoms with Gasteiger partial charge in [-0.05, 0) is 48.9 Å². The Hall–Kier alpha value is -3.06. The minimum Gasteiger partial charge on any atom is -0.321 e. The predicted octanol–water partition coefficient (Wildman–Crippen LogP) is 3.65. The zero-order chi connectivity index (χ0) is 17.4. The minimum absolute atomic E-state index is 0.281. The van der Waals surface area contributed by atoms with E-state index in [0.29, 0.717) is 5.69 Å². The number of aryl methyl sites for hydroxylation is 2. The minimum atomic E-state index is -0.281. The molecule has 0 fully saturated rings. The standard InChI is InChI=1S/C18H15N5OS/c1-11-3-8-14-16(9-11)25-18(20-14)12-4-6-13(7-5-12)19-17(24)15-10-23(2)22-21-15/h3-10H,1-2H3,(H,19,24). The molecule has 0 bridgehead atoms. The number of hydrogen-bond acceptors (Lipinski definition) is 5. The highest BCUT2D eigenvalue weighted by atomic mass is 32.1. The first-order valence-electron chi connectivity index (χ1n) is 7.74. The lowest BCUT2D eigenvalue weighted by Crippen LogP contribution is -2.12. The normalized spacial score (nSPS) is 11.0. The van der Waals surface area contributed by atoms with Gasteiger partial charge < -0.3 is 5.32 Å². The fourth-order valence-electron chi connectivity index (χ4n) is 2.50. The first-order chi connectivity index (χ1) is 12.1. The van der Waals surface area contributed by atoms with Crippen molar-refractivity contribution in [3.8, 4) is 10.6 Å². The van der Waals surface area contributed by atoms with Crippen molar-refractivity contribution in [2.75, 3.05) is 5.32 Å². The van der Waals surface area contributed by atoms with E-state index in [1.54, 1.807) is 24.6 Å². The van der Waals surface area contributed by atoms with E-state index in [9.17, 15) is 4.79 Å². The number of fused-ring (bicyclic) bond motifs is 1. The smallest absolute Gasteiger partial charge is 0.277 e. The largest absolute Gasteiger partial charge is 0.321 e. The first kappa shape index (κ1) is 15.5. The summed E-state index contributed by atoms with van der Waals surface area (Å²) in [5, 5.41) is 11.3. The molecule has 25 heavy (non-hydrogen) atoms. The van der Waals surface area contributed by atoms with Crippen LogP contribution in [-0.4, -0.2) is 25.9 Å². The Kier molecular flexibility index (Phi) is 3.77. The second kappa shape index (κ2) is 6.10. The number of nitrogens with zero attached hydrogens (tertiary/aromatic N) is 4. The van der Waals surface area contributed by atoms with Crippen molar-refractivity contribution in [1.29, 1.82) is 0 Å². The molecule has 0 aliphatic heterocycles. The molecule has 0 saturated carbocycles. The van der Waals surface area contributed by atoms with Crippen LogP contribution in [0.3, 0.4) is 0 Å². The van der Waals surface area contributed by atoms with Gasteiger partial charge in [-0.15, -0.1) is 16.4 Å². The molecule has 0 spiro atoms. The van der Waals surface area contributed by atoms with E-state index in [-0.39, 0.29) is 11.6 Å². The van der Waals surface area contributed by atoms with Crippen LogP contribution >= 0.6 is 11.3 Å².